The smallest absolute Gasteiger partial charge is 0.311 e. The van der Waals surface area contributed by atoms with Gasteiger partial charge in [0.1, 0.15) is 5.75 Å². The van der Waals surface area contributed by atoms with Gasteiger partial charge in [-0.1, -0.05) is 0 Å². The topological polar surface area (TPSA) is 48.4 Å². The molecule has 17 heavy (non-hydrogen) atoms. The van der Waals surface area contributed by atoms with Gasteiger partial charge in [-0.3, -0.25) is 9.78 Å². The molecule has 0 saturated heterocycles. The Morgan fingerprint density at radius 1 is 1.47 bits per heavy atom. The molecule has 0 unspecified atom stereocenters. The maximum Gasteiger partial charge on any atom is 0.311 e. The van der Waals surface area contributed by atoms with E-state index >= 15 is 0 Å². The molecule has 1 aromatic rings. The van der Waals surface area contributed by atoms with Gasteiger partial charge in [0.2, 0.25) is 0 Å². The predicted molar refractivity (Wildman–Crippen MR) is 56.2 cm³/mol. The molecule has 1 rings (SSSR count). The van der Waals surface area contributed by atoms with Crippen molar-refractivity contribution in [1.82, 2.24) is 4.98 Å². The van der Waals surface area contributed by atoms with E-state index in [1.165, 1.54) is 20.3 Å². The molecule has 94 valence electrons. The minimum Gasteiger partial charge on any atom is -0.495 e. The number of nitrogens with zero attached hydrogens (tertiary/aromatic N) is 1. The molecule has 0 bridgehead atoms. The van der Waals surface area contributed by atoms with E-state index in [4.69, 9.17) is 4.74 Å². The normalized spacial score (nSPS) is 10.5. The van der Waals surface area contributed by atoms with Crippen molar-refractivity contribution in [2.75, 3.05) is 14.2 Å². The van der Waals surface area contributed by atoms with Crippen molar-refractivity contribution in [3.63, 3.8) is 0 Å². The van der Waals surface area contributed by atoms with Crippen LogP contribution in [-0.2, 0) is 16.0 Å². The van der Waals surface area contributed by atoms with Gasteiger partial charge in [-0.2, -0.15) is 0 Å². The third-order valence-corrected chi connectivity index (χ3v) is 2.27. The van der Waals surface area contributed by atoms with Crippen LogP contribution in [0.1, 0.15) is 23.4 Å². The van der Waals surface area contributed by atoms with Gasteiger partial charge in [0.15, 0.2) is 0 Å². The number of aryl methyl sites for hydroxylation is 1. The van der Waals surface area contributed by atoms with Crippen LogP contribution in [0.2, 0.25) is 0 Å². The van der Waals surface area contributed by atoms with Gasteiger partial charge < -0.3 is 9.47 Å². The number of hydrogen-bond donors (Lipinski definition) is 0. The number of alkyl halides is 2. The Bertz CT molecular complexity index is 421. The van der Waals surface area contributed by atoms with Crippen LogP contribution in [-0.4, -0.2) is 25.2 Å². The predicted octanol–water partition coefficient (Wildman–Crippen LogP) is 2.05. The van der Waals surface area contributed by atoms with E-state index in [2.05, 4.69) is 9.72 Å². The molecule has 0 fully saturated rings. The number of pyridine rings is 1. The van der Waals surface area contributed by atoms with E-state index in [-0.39, 0.29) is 23.4 Å². The van der Waals surface area contributed by atoms with Crippen molar-refractivity contribution in [3.8, 4) is 5.75 Å². The number of methoxy groups -OCH3 is 2. The fourth-order valence-electron chi connectivity index (χ4n) is 1.40. The summed E-state index contributed by atoms with van der Waals surface area (Å²) in [6, 6.07) is 1.20. The van der Waals surface area contributed by atoms with E-state index in [1.54, 1.807) is 6.92 Å². The number of ether oxygens (including phenoxy) is 2. The van der Waals surface area contributed by atoms with Crippen molar-refractivity contribution < 1.29 is 23.0 Å². The molecule has 0 radical (unpaired) electrons. The summed E-state index contributed by atoms with van der Waals surface area (Å²) in [5.41, 5.74) is 0.166. The second-order valence-corrected chi connectivity index (χ2v) is 3.37. The zero-order valence-corrected chi connectivity index (χ0v) is 9.79. The number of hydrogen-bond acceptors (Lipinski definition) is 4. The van der Waals surface area contributed by atoms with Crippen LogP contribution in [0.25, 0.3) is 0 Å². The SMILES string of the molecule is COC(=O)Cc1nc(C)c(OC)cc1C(F)F. The summed E-state index contributed by atoms with van der Waals surface area (Å²) in [6.45, 7) is 1.62. The number of aromatic nitrogens is 1. The highest BCUT2D eigenvalue weighted by Crippen LogP contribution is 2.28. The molecular formula is C11H13F2NO3. The fourth-order valence-corrected chi connectivity index (χ4v) is 1.40. The Labute approximate surface area is 97.6 Å². The van der Waals surface area contributed by atoms with Crippen LogP contribution in [0.4, 0.5) is 8.78 Å². The average Bonchev–Trinajstić information content (AvgIpc) is 2.28. The van der Waals surface area contributed by atoms with E-state index < -0.39 is 12.4 Å². The third kappa shape index (κ3) is 3.12. The molecule has 0 atom stereocenters. The summed E-state index contributed by atoms with van der Waals surface area (Å²) in [6.07, 6.45) is -2.99. The molecule has 0 aliphatic carbocycles. The van der Waals surface area contributed by atoms with Crippen LogP contribution in [0.3, 0.4) is 0 Å². The zero-order valence-electron chi connectivity index (χ0n) is 9.79. The Morgan fingerprint density at radius 3 is 2.59 bits per heavy atom. The van der Waals surface area contributed by atoms with Crippen molar-refractivity contribution in [1.29, 1.82) is 0 Å². The molecule has 0 aromatic carbocycles. The Hall–Kier alpha value is -1.72. The highest BCUT2D eigenvalue weighted by Gasteiger charge is 2.19. The maximum atomic E-state index is 12.8. The van der Waals surface area contributed by atoms with Crippen LogP contribution < -0.4 is 4.74 Å². The van der Waals surface area contributed by atoms with E-state index in [0.29, 0.717) is 5.69 Å². The van der Waals surface area contributed by atoms with Crippen molar-refractivity contribution >= 4 is 5.97 Å². The minimum absolute atomic E-state index is 0.0187. The molecule has 6 heteroatoms. The summed E-state index contributed by atoms with van der Waals surface area (Å²) in [4.78, 5) is 15.0. The molecule has 0 saturated carbocycles. The summed E-state index contributed by atoms with van der Waals surface area (Å²) >= 11 is 0. The second kappa shape index (κ2) is 5.56. The lowest BCUT2D eigenvalue weighted by Crippen LogP contribution is -2.10. The van der Waals surface area contributed by atoms with Gasteiger partial charge in [0.05, 0.1) is 32.0 Å². The Morgan fingerprint density at radius 2 is 2.12 bits per heavy atom. The van der Waals surface area contributed by atoms with Crippen molar-refractivity contribution in [2.45, 2.75) is 19.8 Å². The van der Waals surface area contributed by atoms with Gasteiger partial charge in [0, 0.05) is 5.56 Å². The van der Waals surface area contributed by atoms with Crippen molar-refractivity contribution in [3.05, 3.63) is 23.0 Å². The molecular weight excluding hydrogens is 232 g/mol. The van der Waals surface area contributed by atoms with Gasteiger partial charge in [-0.15, -0.1) is 0 Å². The van der Waals surface area contributed by atoms with Gasteiger partial charge in [-0.25, -0.2) is 8.78 Å². The fraction of sp³-hybridized carbons (Fsp3) is 0.455. The van der Waals surface area contributed by atoms with E-state index in [9.17, 15) is 13.6 Å². The van der Waals surface area contributed by atoms with Gasteiger partial charge in [0.25, 0.3) is 6.43 Å². The first kappa shape index (κ1) is 13.3. The number of carbonyl (C=O) groups is 1. The van der Waals surface area contributed by atoms with Crippen LogP contribution >= 0.6 is 0 Å². The summed E-state index contributed by atoms with van der Waals surface area (Å²) in [5, 5.41) is 0. The number of halogens is 2. The minimum atomic E-state index is -2.71. The standard InChI is InChI=1S/C11H13F2NO3/c1-6-9(16-2)4-7(11(12)13)8(14-6)5-10(15)17-3/h4,11H,5H2,1-3H3. The molecule has 4 nitrogen and oxygen atoms in total. The molecule has 1 heterocycles. The zero-order chi connectivity index (χ0) is 13.0. The molecule has 0 aliphatic heterocycles. The monoisotopic (exact) mass is 245 g/mol. The Kier molecular flexibility index (Phi) is 4.37. The third-order valence-electron chi connectivity index (χ3n) is 2.27. The molecule has 0 amide bonds. The first-order valence-corrected chi connectivity index (χ1v) is 4.89. The van der Waals surface area contributed by atoms with E-state index in [0.717, 1.165) is 0 Å². The van der Waals surface area contributed by atoms with Crippen LogP contribution in [0.5, 0.6) is 5.75 Å². The second-order valence-electron chi connectivity index (χ2n) is 3.37. The van der Waals surface area contributed by atoms with Gasteiger partial charge >= 0.3 is 5.97 Å². The lowest BCUT2D eigenvalue weighted by Gasteiger charge is -2.11. The lowest BCUT2D eigenvalue weighted by molar-refractivity contribution is -0.139. The number of esters is 1. The first-order chi connectivity index (χ1) is 7.99. The average molecular weight is 245 g/mol. The van der Waals surface area contributed by atoms with Crippen molar-refractivity contribution in [2.24, 2.45) is 0 Å². The van der Waals surface area contributed by atoms with E-state index in [1.807, 2.05) is 0 Å². The van der Waals surface area contributed by atoms with Crippen LogP contribution in [0, 0.1) is 6.92 Å². The first-order valence-electron chi connectivity index (χ1n) is 4.89. The van der Waals surface area contributed by atoms with Gasteiger partial charge in [-0.05, 0) is 13.0 Å². The number of carbonyl (C=O) groups excluding carboxylic acids is 1. The lowest BCUT2D eigenvalue weighted by atomic mass is 10.1. The quantitative estimate of drug-likeness (QED) is 0.762. The molecule has 0 spiro atoms. The summed E-state index contributed by atoms with van der Waals surface area (Å²) in [5.74, 6) is -0.335. The maximum absolute atomic E-state index is 12.8. The summed E-state index contributed by atoms with van der Waals surface area (Å²) < 4.78 is 34.9. The molecule has 1 aromatic heterocycles. The molecule has 0 aliphatic rings. The number of rotatable bonds is 4. The van der Waals surface area contributed by atoms with Crippen LogP contribution in [0.15, 0.2) is 6.07 Å². The Balaban J connectivity index is 3.18. The largest absolute Gasteiger partial charge is 0.495 e. The molecule has 0 N–H and O–H groups in total. The highest BCUT2D eigenvalue weighted by atomic mass is 19.3. The highest BCUT2D eigenvalue weighted by molar-refractivity contribution is 5.72. The summed E-state index contributed by atoms with van der Waals surface area (Å²) in [7, 11) is 2.57.